The van der Waals surface area contributed by atoms with E-state index >= 15 is 0 Å². The zero-order valence-electron chi connectivity index (χ0n) is 11.7. The molecule has 0 bridgehead atoms. The third-order valence-electron chi connectivity index (χ3n) is 5.21. The van der Waals surface area contributed by atoms with Gasteiger partial charge < -0.3 is 5.32 Å². The Morgan fingerprint density at radius 2 is 1.84 bits per heavy atom. The van der Waals surface area contributed by atoms with E-state index in [2.05, 4.69) is 5.32 Å². The van der Waals surface area contributed by atoms with E-state index in [4.69, 9.17) is 0 Å². The number of hydrogen-bond donors (Lipinski definition) is 1. The fourth-order valence-electron chi connectivity index (χ4n) is 4.20. The van der Waals surface area contributed by atoms with Gasteiger partial charge in [0.1, 0.15) is 0 Å². The predicted octanol–water partition coefficient (Wildman–Crippen LogP) is 1.87. The first-order valence-corrected chi connectivity index (χ1v) is 9.47. The minimum atomic E-state index is -2.97. The summed E-state index contributed by atoms with van der Waals surface area (Å²) in [6, 6.07) is 0.254. The van der Waals surface area contributed by atoms with Gasteiger partial charge in [-0.1, -0.05) is 19.3 Å². The molecule has 3 aliphatic rings. The van der Waals surface area contributed by atoms with Crippen LogP contribution in [0.3, 0.4) is 0 Å². The molecule has 1 spiro atoms. The monoisotopic (exact) mass is 286 g/mol. The second-order valence-electron chi connectivity index (χ2n) is 6.55. The Kier molecular flexibility index (Phi) is 3.89. The van der Waals surface area contributed by atoms with E-state index in [0.29, 0.717) is 5.75 Å². The van der Waals surface area contributed by atoms with Gasteiger partial charge in [0.15, 0.2) is 0 Å². The van der Waals surface area contributed by atoms with E-state index < -0.39 is 10.0 Å². The van der Waals surface area contributed by atoms with E-state index in [0.717, 1.165) is 38.8 Å². The normalized spacial score (nSPS) is 35.3. The maximum Gasteiger partial charge on any atom is 0.214 e. The summed E-state index contributed by atoms with van der Waals surface area (Å²) < 4.78 is 26.4. The summed E-state index contributed by atoms with van der Waals surface area (Å²) in [6.07, 6.45) is 10.3. The van der Waals surface area contributed by atoms with Crippen LogP contribution in [0.15, 0.2) is 0 Å². The standard InChI is InChI=1S/C14H26N2O2S/c17-19(18)11-5-4-10-16(19)13-6-9-15-14(12-13)7-2-1-3-8-14/h13,15H,1-12H2. The lowest BCUT2D eigenvalue weighted by Gasteiger charge is -2.47. The molecule has 1 N–H and O–H groups in total. The Bertz CT molecular complexity index is 410. The lowest BCUT2D eigenvalue weighted by Crippen LogP contribution is -2.58. The molecule has 2 saturated heterocycles. The Hall–Kier alpha value is -0.130. The zero-order chi connectivity index (χ0) is 13.3. The fourth-order valence-corrected chi connectivity index (χ4v) is 6.05. The first kappa shape index (κ1) is 13.8. The summed E-state index contributed by atoms with van der Waals surface area (Å²) in [5.74, 6) is 0.365. The second kappa shape index (κ2) is 5.34. The molecule has 19 heavy (non-hydrogen) atoms. The highest BCUT2D eigenvalue weighted by molar-refractivity contribution is 7.89. The highest BCUT2D eigenvalue weighted by Crippen LogP contribution is 2.37. The quantitative estimate of drug-likeness (QED) is 0.800. The highest BCUT2D eigenvalue weighted by Gasteiger charge is 2.42. The van der Waals surface area contributed by atoms with Crippen molar-refractivity contribution in [2.75, 3.05) is 18.8 Å². The predicted molar refractivity (Wildman–Crippen MR) is 76.6 cm³/mol. The molecule has 0 amide bonds. The molecule has 0 aromatic carbocycles. The molecular weight excluding hydrogens is 260 g/mol. The minimum Gasteiger partial charge on any atom is -0.311 e. The van der Waals surface area contributed by atoms with Crippen LogP contribution in [0.2, 0.25) is 0 Å². The van der Waals surface area contributed by atoms with Crippen LogP contribution in [-0.4, -0.2) is 43.1 Å². The van der Waals surface area contributed by atoms with Crippen molar-refractivity contribution in [3.63, 3.8) is 0 Å². The van der Waals surface area contributed by atoms with Gasteiger partial charge >= 0.3 is 0 Å². The van der Waals surface area contributed by atoms with Gasteiger partial charge in [0.2, 0.25) is 10.0 Å². The third-order valence-corrected chi connectivity index (χ3v) is 7.21. The first-order valence-electron chi connectivity index (χ1n) is 7.86. The molecule has 110 valence electrons. The van der Waals surface area contributed by atoms with Crippen LogP contribution in [0.4, 0.5) is 0 Å². The van der Waals surface area contributed by atoms with E-state index in [9.17, 15) is 8.42 Å². The average molecular weight is 286 g/mol. The van der Waals surface area contributed by atoms with Crippen LogP contribution in [0.25, 0.3) is 0 Å². The number of nitrogens with one attached hydrogen (secondary N) is 1. The van der Waals surface area contributed by atoms with Gasteiger partial charge in [-0.3, -0.25) is 0 Å². The molecule has 1 aliphatic carbocycles. The Morgan fingerprint density at radius 3 is 2.58 bits per heavy atom. The summed E-state index contributed by atoms with van der Waals surface area (Å²) in [5.41, 5.74) is 0.244. The van der Waals surface area contributed by atoms with Crippen molar-refractivity contribution in [1.82, 2.24) is 9.62 Å². The molecule has 1 saturated carbocycles. The second-order valence-corrected chi connectivity index (χ2v) is 8.59. The SMILES string of the molecule is O=S1(=O)CCCCN1C1CCNC2(CCCCC2)C1. The van der Waals surface area contributed by atoms with Crippen LogP contribution in [0.1, 0.15) is 57.8 Å². The molecule has 4 nitrogen and oxygen atoms in total. The van der Waals surface area contributed by atoms with Gasteiger partial charge in [-0.05, 0) is 45.1 Å². The first-order chi connectivity index (χ1) is 9.11. The summed E-state index contributed by atoms with van der Waals surface area (Å²) >= 11 is 0. The molecule has 5 heteroatoms. The molecule has 3 rings (SSSR count). The van der Waals surface area contributed by atoms with E-state index in [1.807, 2.05) is 4.31 Å². The largest absolute Gasteiger partial charge is 0.311 e. The number of rotatable bonds is 1. The molecule has 1 atom stereocenters. The fraction of sp³-hybridized carbons (Fsp3) is 1.00. The van der Waals surface area contributed by atoms with Crippen molar-refractivity contribution in [2.45, 2.75) is 69.4 Å². The number of nitrogens with zero attached hydrogens (tertiary/aromatic N) is 1. The smallest absolute Gasteiger partial charge is 0.214 e. The van der Waals surface area contributed by atoms with Crippen LogP contribution in [0.5, 0.6) is 0 Å². The molecule has 0 aromatic rings. The van der Waals surface area contributed by atoms with Crippen molar-refractivity contribution in [2.24, 2.45) is 0 Å². The molecule has 0 aromatic heterocycles. The van der Waals surface area contributed by atoms with Gasteiger partial charge in [0, 0.05) is 18.1 Å². The van der Waals surface area contributed by atoms with E-state index in [-0.39, 0.29) is 11.6 Å². The Morgan fingerprint density at radius 1 is 1.05 bits per heavy atom. The molecule has 0 radical (unpaired) electrons. The van der Waals surface area contributed by atoms with Gasteiger partial charge in [0.25, 0.3) is 0 Å². The zero-order valence-corrected chi connectivity index (χ0v) is 12.6. The minimum absolute atomic E-state index is 0.244. The van der Waals surface area contributed by atoms with Gasteiger partial charge in [-0.15, -0.1) is 0 Å². The topological polar surface area (TPSA) is 49.4 Å². The number of piperidine rings is 1. The summed E-state index contributed by atoms with van der Waals surface area (Å²) in [5, 5.41) is 3.71. The number of hydrogen-bond acceptors (Lipinski definition) is 3. The molecule has 2 aliphatic heterocycles. The summed E-state index contributed by atoms with van der Waals surface area (Å²) in [6.45, 7) is 1.74. The van der Waals surface area contributed by atoms with Crippen molar-refractivity contribution >= 4 is 10.0 Å². The summed E-state index contributed by atoms with van der Waals surface area (Å²) in [4.78, 5) is 0. The van der Waals surface area contributed by atoms with E-state index in [1.165, 1.54) is 32.1 Å². The lowest BCUT2D eigenvalue weighted by molar-refractivity contribution is 0.122. The Balaban J connectivity index is 1.74. The van der Waals surface area contributed by atoms with Crippen LogP contribution < -0.4 is 5.32 Å². The van der Waals surface area contributed by atoms with Crippen molar-refractivity contribution in [3.8, 4) is 0 Å². The van der Waals surface area contributed by atoms with Crippen molar-refractivity contribution in [3.05, 3.63) is 0 Å². The lowest BCUT2D eigenvalue weighted by atomic mass is 9.75. The maximum atomic E-state index is 12.3. The van der Waals surface area contributed by atoms with Crippen LogP contribution in [0, 0.1) is 0 Å². The Labute approximate surface area is 117 Å². The van der Waals surface area contributed by atoms with Crippen molar-refractivity contribution < 1.29 is 8.42 Å². The van der Waals surface area contributed by atoms with Gasteiger partial charge in [-0.2, -0.15) is 4.31 Å². The van der Waals surface area contributed by atoms with Crippen molar-refractivity contribution in [1.29, 1.82) is 0 Å². The molecule has 1 unspecified atom stereocenters. The molecular formula is C14H26N2O2S. The van der Waals surface area contributed by atoms with E-state index in [1.54, 1.807) is 0 Å². The van der Waals surface area contributed by atoms with Crippen LogP contribution in [-0.2, 0) is 10.0 Å². The number of sulfonamides is 1. The molecule has 2 heterocycles. The third kappa shape index (κ3) is 2.83. The average Bonchev–Trinajstić information content (AvgIpc) is 2.39. The van der Waals surface area contributed by atoms with Crippen LogP contribution >= 0.6 is 0 Å². The summed E-state index contributed by atoms with van der Waals surface area (Å²) in [7, 11) is -2.97. The maximum absolute atomic E-state index is 12.3. The molecule has 3 fully saturated rings. The van der Waals surface area contributed by atoms with Gasteiger partial charge in [0.05, 0.1) is 5.75 Å². The van der Waals surface area contributed by atoms with Gasteiger partial charge in [-0.25, -0.2) is 8.42 Å². The highest BCUT2D eigenvalue weighted by atomic mass is 32.2.